The van der Waals surface area contributed by atoms with Crippen LogP contribution in [0.1, 0.15) is 10.4 Å². The molecule has 0 aliphatic carbocycles. The number of H-pyrrole nitrogens is 1. The highest BCUT2D eigenvalue weighted by atomic mass is 16.5. The lowest BCUT2D eigenvalue weighted by Gasteiger charge is -2.10. The minimum Gasteiger partial charge on any atom is -0.497 e. The van der Waals surface area contributed by atoms with E-state index in [0.717, 1.165) is 5.56 Å². The number of aromatic nitrogens is 2. The normalized spacial score (nSPS) is 10.2. The number of rotatable bonds is 5. The van der Waals surface area contributed by atoms with E-state index in [1.807, 2.05) is 6.07 Å². The predicted octanol–water partition coefficient (Wildman–Crippen LogP) is 2.71. The summed E-state index contributed by atoms with van der Waals surface area (Å²) >= 11 is 0. The number of carbonyl (C=O) groups is 1. The molecule has 1 heterocycles. The molecule has 132 valence electrons. The van der Waals surface area contributed by atoms with Crippen molar-refractivity contribution in [3.63, 3.8) is 0 Å². The number of benzene rings is 2. The van der Waals surface area contributed by atoms with Crippen LogP contribution in [0.4, 0.5) is 5.69 Å². The highest BCUT2D eigenvalue weighted by molar-refractivity contribution is 6.05. The second-order valence-corrected chi connectivity index (χ2v) is 5.44. The highest BCUT2D eigenvalue weighted by Gasteiger charge is 2.11. The van der Waals surface area contributed by atoms with Crippen LogP contribution in [0.25, 0.3) is 11.3 Å². The third-order valence-corrected chi connectivity index (χ3v) is 3.71. The number of anilines is 1. The van der Waals surface area contributed by atoms with Crippen molar-refractivity contribution in [2.45, 2.75) is 0 Å². The first-order valence-electron chi connectivity index (χ1n) is 7.79. The maximum absolute atomic E-state index is 12.6. The van der Waals surface area contributed by atoms with Crippen molar-refractivity contribution in [1.29, 1.82) is 0 Å². The SMILES string of the molecule is COc1cc(OC)cc(C(=O)Nc2cccc(-c3ccc(=O)[nH]n3)c2)c1. The van der Waals surface area contributed by atoms with Crippen LogP contribution in [-0.2, 0) is 0 Å². The van der Waals surface area contributed by atoms with Crippen LogP contribution in [0.15, 0.2) is 59.4 Å². The zero-order valence-electron chi connectivity index (χ0n) is 14.3. The standard InChI is InChI=1S/C19H17N3O4/c1-25-15-9-13(10-16(11-15)26-2)19(24)20-14-5-3-4-12(8-14)17-6-7-18(23)22-21-17/h3-11H,1-2H3,(H,20,24)(H,22,23). The van der Waals surface area contributed by atoms with Crippen LogP contribution in [0.3, 0.4) is 0 Å². The van der Waals surface area contributed by atoms with Crippen LogP contribution in [0.2, 0.25) is 0 Å². The van der Waals surface area contributed by atoms with Gasteiger partial charge in [0.1, 0.15) is 11.5 Å². The Bertz CT molecular complexity index is 955. The third kappa shape index (κ3) is 3.89. The molecule has 1 aromatic heterocycles. The number of carbonyl (C=O) groups excluding carboxylic acids is 1. The fraction of sp³-hybridized carbons (Fsp3) is 0.105. The van der Waals surface area contributed by atoms with Crippen LogP contribution in [0, 0.1) is 0 Å². The zero-order valence-corrected chi connectivity index (χ0v) is 14.3. The second kappa shape index (κ2) is 7.52. The largest absolute Gasteiger partial charge is 0.497 e. The minimum absolute atomic E-state index is 0.273. The van der Waals surface area contributed by atoms with Crippen molar-refractivity contribution < 1.29 is 14.3 Å². The van der Waals surface area contributed by atoms with E-state index >= 15 is 0 Å². The smallest absolute Gasteiger partial charge is 0.264 e. The van der Waals surface area contributed by atoms with Crippen LogP contribution >= 0.6 is 0 Å². The molecule has 3 aromatic rings. The van der Waals surface area contributed by atoms with E-state index in [1.165, 1.54) is 20.3 Å². The van der Waals surface area contributed by atoms with Gasteiger partial charge in [0, 0.05) is 28.9 Å². The quantitative estimate of drug-likeness (QED) is 0.737. The molecule has 0 saturated heterocycles. The number of ether oxygens (including phenoxy) is 2. The van der Waals surface area contributed by atoms with E-state index in [2.05, 4.69) is 15.5 Å². The van der Waals surface area contributed by atoms with Gasteiger partial charge in [0.05, 0.1) is 19.9 Å². The van der Waals surface area contributed by atoms with Gasteiger partial charge in [-0.1, -0.05) is 12.1 Å². The molecule has 7 heteroatoms. The fourth-order valence-corrected chi connectivity index (χ4v) is 2.40. The lowest BCUT2D eigenvalue weighted by molar-refractivity contribution is 0.102. The van der Waals surface area contributed by atoms with Gasteiger partial charge >= 0.3 is 0 Å². The summed E-state index contributed by atoms with van der Waals surface area (Å²) in [4.78, 5) is 23.7. The molecule has 0 spiro atoms. The zero-order chi connectivity index (χ0) is 18.5. The van der Waals surface area contributed by atoms with E-state index in [-0.39, 0.29) is 11.5 Å². The van der Waals surface area contributed by atoms with Gasteiger partial charge in [0.2, 0.25) is 0 Å². The van der Waals surface area contributed by atoms with Gasteiger partial charge in [0.15, 0.2) is 0 Å². The highest BCUT2D eigenvalue weighted by Crippen LogP contribution is 2.24. The van der Waals surface area contributed by atoms with Crippen LogP contribution in [0.5, 0.6) is 11.5 Å². The van der Waals surface area contributed by atoms with Crippen molar-refractivity contribution in [2.24, 2.45) is 0 Å². The monoisotopic (exact) mass is 351 g/mol. The van der Waals surface area contributed by atoms with E-state index in [1.54, 1.807) is 42.5 Å². The summed E-state index contributed by atoms with van der Waals surface area (Å²) in [5.74, 6) is 0.759. The van der Waals surface area contributed by atoms with Gasteiger partial charge in [-0.2, -0.15) is 5.10 Å². The molecule has 3 rings (SSSR count). The van der Waals surface area contributed by atoms with Crippen molar-refractivity contribution >= 4 is 11.6 Å². The Kier molecular flexibility index (Phi) is 4.98. The molecule has 7 nitrogen and oxygen atoms in total. The average molecular weight is 351 g/mol. The van der Waals surface area contributed by atoms with Gasteiger partial charge < -0.3 is 14.8 Å². The van der Waals surface area contributed by atoms with Crippen molar-refractivity contribution in [3.05, 3.63) is 70.5 Å². The number of methoxy groups -OCH3 is 2. The first-order chi connectivity index (χ1) is 12.6. The van der Waals surface area contributed by atoms with Gasteiger partial charge in [-0.15, -0.1) is 0 Å². The van der Waals surface area contributed by atoms with Crippen molar-refractivity contribution in [2.75, 3.05) is 19.5 Å². The topological polar surface area (TPSA) is 93.3 Å². The molecule has 0 unspecified atom stereocenters. The number of hydrogen-bond acceptors (Lipinski definition) is 5. The predicted molar refractivity (Wildman–Crippen MR) is 97.8 cm³/mol. The molecule has 0 atom stereocenters. The molecule has 0 bridgehead atoms. The Labute approximate surface area is 149 Å². The second-order valence-electron chi connectivity index (χ2n) is 5.44. The number of nitrogens with zero attached hydrogens (tertiary/aromatic N) is 1. The molecule has 1 amide bonds. The Balaban J connectivity index is 1.85. The number of aromatic amines is 1. The first-order valence-corrected chi connectivity index (χ1v) is 7.79. The molecule has 26 heavy (non-hydrogen) atoms. The van der Waals surface area contributed by atoms with Gasteiger partial charge in [0.25, 0.3) is 11.5 Å². The summed E-state index contributed by atoms with van der Waals surface area (Å²) < 4.78 is 10.4. The summed E-state index contributed by atoms with van der Waals surface area (Å²) in [6.45, 7) is 0. The Morgan fingerprint density at radius 2 is 1.73 bits per heavy atom. The van der Waals surface area contributed by atoms with Crippen molar-refractivity contribution in [3.8, 4) is 22.8 Å². The van der Waals surface area contributed by atoms with Gasteiger partial charge in [-0.3, -0.25) is 9.59 Å². The lowest BCUT2D eigenvalue weighted by atomic mass is 10.1. The molecule has 0 fully saturated rings. The molecule has 0 aliphatic heterocycles. The fourth-order valence-electron chi connectivity index (χ4n) is 2.40. The van der Waals surface area contributed by atoms with Crippen LogP contribution in [-0.4, -0.2) is 30.3 Å². The van der Waals surface area contributed by atoms with E-state index in [9.17, 15) is 9.59 Å². The minimum atomic E-state index is -0.297. The summed E-state index contributed by atoms with van der Waals surface area (Å²) in [6, 6.07) is 15.1. The number of hydrogen-bond donors (Lipinski definition) is 2. The number of nitrogens with one attached hydrogen (secondary N) is 2. The van der Waals surface area contributed by atoms with E-state index < -0.39 is 0 Å². The Morgan fingerprint density at radius 3 is 2.35 bits per heavy atom. The Hall–Kier alpha value is -3.61. The van der Waals surface area contributed by atoms with Gasteiger partial charge in [-0.25, -0.2) is 5.10 Å². The Morgan fingerprint density at radius 1 is 1.00 bits per heavy atom. The van der Waals surface area contributed by atoms with E-state index in [0.29, 0.717) is 28.4 Å². The average Bonchev–Trinajstić information content (AvgIpc) is 2.68. The molecule has 0 radical (unpaired) electrons. The molecular formula is C19H17N3O4. The van der Waals surface area contributed by atoms with Gasteiger partial charge in [-0.05, 0) is 30.3 Å². The molecule has 0 saturated carbocycles. The third-order valence-electron chi connectivity index (χ3n) is 3.71. The lowest BCUT2D eigenvalue weighted by Crippen LogP contribution is -2.12. The molecular weight excluding hydrogens is 334 g/mol. The molecule has 2 aromatic carbocycles. The number of amides is 1. The first kappa shape index (κ1) is 17.2. The summed E-state index contributed by atoms with van der Waals surface area (Å²) in [5.41, 5.74) is 2.10. The summed E-state index contributed by atoms with van der Waals surface area (Å²) in [5, 5.41) is 9.21. The maximum atomic E-state index is 12.6. The van der Waals surface area contributed by atoms with Crippen LogP contribution < -0.4 is 20.3 Å². The molecule has 0 aliphatic rings. The maximum Gasteiger partial charge on any atom is 0.264 e. The van der Waals surface area contributed by atoms with Crippen molar-refractivity contribution in [1.82, 2.24) is 10.2 Å². The molecule has 2 N–H and O–H groups in total. The summed E-state index contributed by atoms with van der Waals surface area (Å²) in [6.07, 6.45) is 0. The summed E-state index contributed by atoms with van der Waals surface area (Å²) in [7, 11) is 3.05. The van der Waals surface area contributed by atoms with E-state index in [4.69, 9.17) is 9.47 Å².